The maximum atomic E-state index is 11.6. The Morgan fingerprint density at radius 3 is 1.90 bits per heavy atom. The fourth-order valence-electron chi connectivity index (χ4n) is 3.16. The third kappa shape index (κ3) is 13.0. The van der Waals surface area contributed by atoms with Gasteiger partial charge in [0.1, 0.15) is 11.2 Å². The van der Waals surface area contributed by atoms with Gasteiger partial charge in [0, 0.05) is 53.8 Å². The predicted molar refractivity (Wildman–Crippen MR) is 174 cm³/mol. The Hall–Kier alpha value is -4.18. The Balaban J connectivity index is 0.000000226. The summed E-state index contributed by atoms with van der Waals surface area (Å²) in [5.74, 6) is 5.63. The van der Waals surface area contributed by atoms with E-state index in [0.29, 0.717) is 16.9 Å². The molecule has 0 fully saturated rings. The third-order valence-electron chi connectivity index (χ3n) is 4.68. The molecule has 0 saturated carbocycles. The normalized spacial score (nSPS) is 10.5. The lowest BCUT2D eigenvalue weighted by molar-refractivity contribution is 0.0624. The molecule has 0 saturated heterocycles. The molecule has 4 heterocycles. The minimum atomic E-state index is -0.520. The standard InChI is InChI=1S/C13H16N2O2.C10H13IN2O2.C8H8N2/c1-5-6-10-9-14-8-7-11(10)15-12(16)17-13(2,3)4;1-10(2,3)15-9(14)13-8-4-5-12-6-7(8)11;1-6-4-7-5-9-3-2-8(7)10-6/h7-9H,1-4H3,(H,14,15,16);4-6H,1-3H3,(H,12,13,14);2-5,10H,1H3. The van der Waals surface area contributed by atoms with E-state index < -0.39 is 23.4 Å². The summed E-state index contributed by atoms with van der Waals surface area (Å²) in [5.41, 5.74) is 3.32. The van der Waals surface area contributed by atoms with E-state index in [9.17, 15) is 9.59 Å². The molecule has 3 N–H and O–H groups in total. The molecule has 42 heavy (non-hydrogen) atoms. The highest BCUT2D eigenvalue weighted by Crippen LogP contribution is 2.17. The van der Waals surface area contributed by atoms with E-state index in [1.165, 1.54) is 11.1 Å². The van der Waals surface area contributed by atoms with Crippen molar-refractivity contribution in [2.24, 2.45) is 0 Å². The van der Waals surface area contributed by atoms with Gasteiger partial charge >= 0.3 is 12.2 Å². The predicted octanol–water partition coefficient (Wildman–Crippen LogP) is 7.70. The Morgan fingerprint density at radius 2 is 1.36 bits per heavy atom. The molecule has 222 valence electrons. The number of nitrogens with zero attached hydrogens (tertiary/aromatic N) is 3. The van der Waals surface area contributed by atoms with Crippen LogP contribution in [0, 0.1) is 22.3 Å². The van der Waals surface area contributed by atoms with Crippen molar-refractivity contribution in [3.63, 3.8) is 0 Å². The smallest absolute Gasteiger partial charge is 0.412 e. The van der Waals surface area contributed by atoms with Crippen LogP contribution in [0.2, 0.25) is 0 Å². The molecule has 0 unspecified atom stereocenters. The molecule has 0 spiro atoms. The number of hydrogen-bond donors (Lipinski definition) is 3. The molecule has 4 aromatic rings. The number of anilines is 2. The van der Waals surface area contributed by atoms with Gasteiger partial charge in [0.15, 0.2) is 0 Å². The number of rotatable bonds is 2. The van der Waals surface area contributed by atoms with Crippen molar-refractivity contribution >= 4 is 57.1 Å². The average molecular weight is 685 g/mol. The molecule has 10 nitrogen and oxygen atoms in total. The van der Waals surface area contributed by atoms with Crippen LogP contribution in [0.15, 0.2) is 61.4 Å². The monoisotopic (exact) mass is 684 g/mol. The molecule has 0 bridgehead atoms. The molecule has 0 radical (unpaired) electrons. The van der Waals surface area contributed by atoms with Crippen LogP contribution >= 0.6 is 22.6 Å². The number of fused-ring (bicyclic) bond motifs is 1. The average Bonchev–Trinajstić information content (AvgIpc) is 3.25. The summed E-state index contributed by atoms with van der Waals surface area (Å²) in [6.07, 6.45) is 9.19. The van der Waals surface area contributed by atoms with E-state index in [4.69, 9.17) is 9.47 Å². The first-order valence-corrected chi connectivity index (χ1v) is 14.1. The zero-order valence-corrected chi connectivity index (χ0v) is 27.3. The first-order valence-electron chi connectivity index (χ1n) is 13.0. The minimum absolute atomic E-state index is 0.452. The maximum Gasteiger partial charge on any atom is 0.412 e. The molecule has 11 heteroatoms. The summed E-state index contributed by atoms with van der Waals surface area (Å²) >= 11 is 2.10. The molecule has 0 aliphatic heterocycles. The van der Waals surface area contributed by atoms with Crippen LogP contribution in [0.4, 0.5) is 21.0 Å². The summed E-state index contributed by atoms with van der Waals surface area (Å²) in [6.45, 7) is 14.7. The van der Waals surface area contributed by atoms with E-state index in [1.807, 2.05) is 60.7 Å². The highest BCUT2D eigenvalue weighted by Gasteiger charge is 2.17. The Morgan fingerprint density at radius 1 is 0.833 bits per heavy atom. The summed E-state index contributed by atoms with van der Waals surface area (Å²) in [6, 6.07) is 7.47. The summed E-state index contributed by atoms with van der Waals surface area (Å²) < 4.78 is 11.2. The number of halogens is 1. The van der Waals surface area contributed by atoms with Gasteiger partial charge in [-0.1, -0.05) is 5.92 Å². The van der Waals surface area contributed by atoms with Gasteiger partial charge in [-0.15, -0.1) is 5.92 Å². The lowest BCUT2D eigenvalue weighted by Crippen LogP contribution is -2.27. The van der Waals surface area contributed by atoms with E-state index in [2.05, 4.69) is 71.1 Å². The van der Waals surface area contributed by atoms with Crippen LogP contribution in [0.25, 0.3) is 10.9 Å². The zero-order valence-electron chi connectivity index (χ0n) is 25.1. The number of pyridine rings is 3. The molecule has 4 rings (SSSR count). The van der Waals surface area contributed by atoms with Crippen LogP contribution in [-0.4, -0.2) is 43.3 Å². The Labute approximate surface area is 260 Å². The van der Waals surface area contributed by atoms with Gasteiger partial charge in [-0.25, -0.2) is 9.59 Å². The number of nitrogens with one attached hydrogen (secondary N) is 3. The van der Waals surface area contributed by atoms with Crippen LogP contribution in [0.3, 0.4) is 0 Å². The lowest BCUT2D eigenvalue weighted by atomic mass is 10.2. The topological polar surface area (TPSA) is 131 Å². The summed E-state index contributed by atoms with van der Waals surface area (Å²) in [4.78, 5) is 38.1. The number of ether oxygens (including phenoxy) is 2. The van der Waals surface area contributed by atoms with E-state index >= 15 is 0 Å². The minimum Gasteiger partial charge on any atom is -0.444 e. The van der Waals surface area contributed by atoms with Crippen LogP contribution in [-0.2, 0) is 9.47 Å². The SMILES string of the molecule is CC#Cc1cnccc1NC(=O)OC(C)(C)C.CC(C)(C)OC(=O)Nc1ccncc1I.Cc1cc2cnccc2[nH]1. The van der Waals surface area contributed by atoms with E-state index in [-0.39, 0.29) is 0 Å². The highest BCUT2D eigenvalue weighted by atomic mass is 127. The number of H-pyrrole nitrogens is 1. The number of carbonyl (C=O) groups excluding carboxylic acids is 2. The van der Waals surface area contributed by atoms with Gasteiger partial charge in [-0.2, -0.15) is 0 Å². The van der Waals surface area contributed by atoms with Crippen molar-refractivity contribution in [3.8, 4) is 11.8 Å². The maximum absolute atomic E-state index is 11.6. The molecule has 0 aliphatic carbocycles. The quantitative estimate of drug-likeness (QED) is 0.146. The number of amides is 2. The molecule has 2 amide bonds. The van der Waals surface area contributed by atoms with Gasteiger partial charge in [-0.05, 0) is 102 Å². The molecular weight excluding hydrogens is 647 g/mol. The number of aryl methyl sites for hydroxylation is 1. The zero-order chi connectivity index (χ0) is 31.3. The fourth-order valence-corrected chi connectivity index (χ4v) is 3.63. The number of aromatic nitrogens is 4. The molecule has 4 aromatic heterocycles. The summed E-state index contributed by atoms with van der Waals surface area (Å²) in [7, 11) is 0. The second-order valence-electron chi connectivity index (χ2n) is 10.8. The van der Waals surface area contributed by atoms with Crippen molar-refractivity contribution in [3.05, 3.63) is 76.3 Å². The number of hydrogen-bond acceptors (Lipinski definition) is 7. The molecule has 0 atom stereocenters. The van der Waals surface area contributed by atoms with E-state index in [0.717, 1.165) is 9.09 Å². The van der Waals surface area contributed by atoms with Crippen LogP contribution in [0.1, 0.15) is 59.7 Å². The first kappa shape index (κ1) is 34.0. The molecule has 0 aromatic carbocycles. The molecule has 0 aliphatic rings. The largest absolute Gasteiger partial charge is 0.444 e. The van der Waals surface area contributed by atoms with Gasteiger partial charge in [-0.3, -0.25) is 25.6 Å². The van der Waals surface area contributed by atoms with E-state index in [1.54, 1.807) is 50.0 Å². The van der Waals surface area contributed by atoms with Gasteiger partial charge in [0.05, 0.1) is 20.5 Å². The van der Waals surface area contributed by atoms with Crippen molar-refractivity contribution in [2.45, 2.75) is 66.6 Å². The number of carbonyl (C=O) groups is 2. The Bertz CT molecular complexity index is 1510. The van der Waals surface area contributed by atoms with Gasteiger partial charge in [0.25, 0.3) is 0 Å². The highest BCUT2D eigenvalue weighted by molar-refractivity contribution is 14.1. The van der Waals surface area contributed by atoms with Crippen molar-refractivity contribution in [2.75, 3.05) is 10.6 Å². The van der Waals surface area contributed by atoms with Crippen molar-refractivity contribution < 1.29 is 19.1 Å². The Kier molecular flexibility index (Phi) is 12.7. The second-order valence-corrected chi connectivity index (χ2v) is 12.0. The summed E-state index contributed by atoms with van der Waals surface area (Å²) in [5, 5.41) is 6.49. The lowest BCUT2D eigenvalue weighted by Gasteiger charge is -2.19. The van der Waals surface area contributed by atoms with Crippen LogP contribution < -0.4 is 10.6 Å². The second kappa shape index (κ2) is 15.7. The molecular formula is C31H37IN6O4. The van der Waals surface area contributed by atoms with Gasteiger partial charge in [0.2, 0.25) is 0 Å². The first-order chi connectivity index (χ1) is 19.7. The van der Waals surface area contributed by atoms with Gasteiger partial charge < -0.3 is 14.5 Å². The fraction of sp³-hybridized carbons (Fsp3) is 0.323. The third-order valence-corrected chi connectivity index (χ3v) is 5.54. The van der Waals surface area contributed by atoms with Crippen LogP contribution in [0.5, 0.6) is 0 Å². The van der Waals surface area contributed by atoms with Crippen molar-refractivity contribution in [1.29, 1.82) is 0 Å². The number of aromatic amines is 1. The van der Waals surface area contributed by atoms with Crippen molar-refractivity contribution in [1.82, 2.24) is 19.9 Å².